The maximum absolute atomic E-state index is 10.1. The number of amidine groups is 1. The smallest absolute Gasteiger partial charge is 0.323 e. The molecule has 0 unspecified atom stereocenters. The minimum Gasteiger partial charge on any atom is -0.480 e. The van der Waals surface area contributed by atoms with Crippen LogP contribution < -0.4 is 0 Å². The summed E-state index contributed by atoms with van der Waals surface area (Å²) in [5.74, 6) is -0.915. The first-order chi connectivity index (χ1) is 4.57. The molecule has 0 aliphatic rings. The molecule has 0 rings (SSSR count). The van der Waals surface area contributed by atoms with E-state index in [0.717, 1.165) is 0 Å². The van der Waals surface area contributed by atoms with Crippen molar-refractivity contribution in [1.82, 2.24) is 4.90 Å². The molecule has 0 bridgehead atoms. The fourth-order valence-electron chi connectivity index (χ4n) is 0.431. The zero-order valence-corrected chi connectivity index (χ0v) is 6.73. The number of hydrogen-bond acceptors (Lipinski definition) is 3. The van der Waals surface area contributed by atoms with Crippen LogP contribution in [0.4, 0.5) is 0 Å². The Kier molecular flexibility index (Phi) is 3.87. The van der Waals surface area contributed by atoms with Gasteiger partial charge in [0.15, 0.2) is 5.17 Å². The second kappa shape index (κ2) is 4.16. The van der Waals surface area contributed by atoms with Crippen LogP contribution in [0.3, 0.4) is 0 Å². The Balaban J connectivity index is 3.72. The molecular formula is C5H10N2O2S. The van der Waals surface area contributed by atoms with Crippen LogP contribution in [0.2, 0.25) is 0 Å². The lowest BCUT2D eigenvalue weighted by Gasteiger charge is -2.14. The van der Waals surface area contributed by atoms with Crippen LogP contribution in [0.1, 0.15) is 0 Å². The second-order valence-electron chi connectivity index (χ2n) is 1.76. The zero-order valence-electron chi connectivity index (χ0n) is 5.92. The monoisotopic (exact) mass is 162 g/mol. The molecule has 0 aliphatic carbocycles. The van der Waals surface area contributed by atoms with E-state index in [1.165, 1.54) is 16.7 Å². The van der Waals surface area contributed by atoms with Gasteiger partial charge in [0.25, 0.3) is 0 Å². The summed E-state index contributed by atoms with van der Waals surface area (Å²) in [5, 5.41) is 15.7. The van der Waals surface area contributed by atoms with E-state index in [1.807, 2.05) is 0 Å². The van der Waals surface area contributed by atoms with Crippen molar-refractivity contribution in [3.63, 3.8) is 0 Å². The molecule has 0 aromatic heterocycles. The van der Waals surface area contributed by atoms with E-state index in [2.05, 4.69) is 0 Å². The van der Waals surface area contributed by atoms with Crippen molar-refractivity contribution >= 4 is 22.9 Å². The van der Waals surface area contributed by atoms with Gasteiger partial charge in [0.05, 0.1) is 0 Å². The van der Waals surface area contributed by atoms with E-state index in [9.17, 15) is 4.79 Å². The van der Waals surface area contributed by atoms with Crippen LogP contribution in [0.25, 0.3) is 0 Å². The molecule has 0 radical (unpaired) electrons. The number of carboxylic acid groups (broad SMARTS) is 1. The van der Waals surface area contributed by atoms with Crippen molar-refractivity contribution in [2.24, 2.45) is 0 Å². The number of rotatable bonds is 2. The van der Waals surface area contributed by atoms with Gasteiger partial charge in [-0.05, 0) is 6.26 Å². The van der Waals surface area contributed by atoms with E-state index in [-0.39, 0.29) is 11.7 Å². The van der Waals surface area contributed by atoms with Crippen molar-refractivity contribution in [3.8, 4) is 0 Å². The van der Waals surface area contributed by atoms with Crippen molar-refractivity contribution in [2.45, 2.75) is 0 Å². The molecule has 4 nitrogen and oxygen atoms in total. The maximum Gasteiger partial charge on any atom is 0.323 e. The summed E-state index contributed by atoms with van der Waals surface area (Å²) in [5.41, 5.74) is 0. The van der Waals surface area contributed by atoms with E-state index in [1.54, 1.807) is 13.3 Å². The Morgan fingerprint density at radius 2 is 2.30 bits per heavy atom. The summed E-state index contributed by atoms with van der Waals surface area (Å²) < 4.78 is 0. The van der Waals surface area contributed by atoms with Crippen molar-refractivity contribution in [1.29, 1.82) is 5.41 Å². The van der Waals surface area contributed by atoms with Gasteiger partial charge in [-0.3, -0.25) is 10.2 Å². The first kappa shape index (κ1) is 9.29. The molecular weight excluding hydrogens is 152 g/mol. The third-order valence-electron chi connectivity index (χ3n) is 0.912. The molecule has 0 saturated heterocycles. The Morgan fingerprint density at radius 3 is 2.60 bits per heavy atom. The number of carbonyl (C=O) groups is 1. The van der Waals surface area contributed by atoms with Gasteiger partial charge in [0, 0.05) is 7.05 Å². The van der Waals surface area contributed by atoms with Gasteiger partial charge < -0.3 is 10.0 Å². The summed E-state index contributed by atoms with van der Waals surface area (Å²) in [4.78, 5) is 11.5. The number of hydrogen-bond donors (Lipinski definition) is 2. The predicted octanol–water partition coefficient (Wildman–Crippen LogP) is 0.301. The number of nitrogens with one attached hydrogen (secondary N) is 1. The number of thioether (sulfide) groups is 1. The molecule has 0 aromatic carbocycles. The van der Waals surface area contributed by atoms with E-state index >= 15 is 0 Å². The largest absolute Gasteiger partial charge is 0.480 e. The molecule has 58 valence electrons. The normalized spacial score (nSPS) is 9.00. The molecule has 0 amide bonds. The number of nitrogens with zero attached hydrogens (tertiary/aromatic N) is 1. The first-order valence-corrected chi connectivity index (χ1v) is 3.86. The zero-order chi connectivity index (χ0) is 8.15. The second-order valence-corrected chi connectivity index (χ2v) is 2.55. The lowest BCUT2D eigenvalue weighted by atomic mass is 10.6. The third-order valence-corrected chi connectivity index (χ3v) is 1.61. The average Bonchev–Trinajstić information content (AvgIpc) is 1.85. The van der Waals surface area contributed by atoms with Crippen LogP contribution in [0, 0.1) is 5.41 Å². The summed E-state index contributed by atoms with van der Waals surface area (Å²) in [6.45, 7) is -0.111. The van der Waals surface area contributed by atoms with E-state index in [4.69, 9.17) is 10.5 Å². The minimum atomic E-state index is -0.915. The Hall–Kier alpha value is -0.710. The van der Waals surface area contributed by atoms with Gasteiger partial charge in [-0.2, -0.15) is 0 Å². The van der Waals surface area contributed by atoms with Gasteiger partial charge in [-0.1, -0.05) is 11.8 Å². The van der Waals surface area contributed by atoms with Crippen LogP contribution >= 0.6 is 11.8 Å². The maximum atomic E-state index is 10.1. The van der Waals surface area contributed by atoms with E-state index in [0.29, 0.717) is 0 Å². The van der Waals surface area contributed by atoms with E-state index < -0.39 is 5.97 Å². The van der Waals surface area contributed by atoms with Gasteiger partial charge in [-0.25, -0.2) is 0 Å². The van der Waals surface area contributed by atoms with Crippen molar-refractivity contribution < 1.29 is 9.90 Å². The highest BCUT2D eigenvalue weighted by atomic mass is 32.2. The van der Waals surface area contributed by atoms with Gasteiger partial charge in [0.2, 0.25) is 0 Å². The Morgan fingerprint density at radius 1 is 1.80 bits per heavy atom. The van der Waals surface area contributed by atoms with Gasteiger partial charge in [0.1, 0.15) is 6.54 Å². The lowest BCUT2D eigenvalue weighted by molar-refractivity contribution is -0.137. The predicted molar refractivity (Wildman–Crippen MR) is 41.5 cm³/mol. The van der Waals surface area contributed by atoms with Crippen LogP contribution in [-0.4, -0.2) is 41.0 Å². The molecule has 0 atom stereocenters. The van der Waals surface area contributed by atoms with Crippen molar-refractivity contribution in [2.75, 3.05) is 19.8 Å². The summed E-state index contributed by atoms with van der Waals surface area (Å²) >= 11 is 1.22. The third kappa shape index (κ3) is 3.34. The molecule has 0 heterocycles. The summed E-state index contributed by atoms with van der Waals surface area (Å²) in [6.07, 6.45) is 1.74. The highest BCUT2D eigenvalue weighted by Crippen LogP contribution is 1.98. The SMILES string of the molecule is CSC(=N)N(C)CC(=O)O. The molecule has 0 spiro atoms. The molecule has 0 aliphatic heterocycles. The number of aliphatic carboxylic acids is 1. The molecule has 2 N–H and O–H groups in total. The fraction of sp³-hybridized carbons (Fsp3) is 0.600. The Bertz CT molecular complexity index is 149. The molecule has 5 heteroatoms. The topological polar surface area (TPSA) is 64.4 Å². The van der Waals surface area contributed by atoms with Crippen LogP contribution in [0.15, 0.2) is 0 Å². The molecule has 0 aromatic rings. The minimum absolute atomic E-state index is 0.111. The van der Waals surface area contributed by atoms with Gasteiger partial charge >= 0.3 is 5.97 Å². The summed E-state index contributed by atoms with van der Waals surface area (Å²) in [6, 6.07) is 0. The van der Waals surface area contributed by atoms with Gasteiger partial charge in [-0.15, -0.1) is 0 Å². The first-order valence-electron chi connectivity index (χ1n) is 2.63. The number of likely N-dealkylation sites (N-methyl/N-ethyl adjacent to an activating group) is 1. The van der Waals surface area contributed by atoms with Crippen LogP contribution in [0.5, 0.6) is 0 Å². The lowest BCUT2D eigenvalue weighted by Crippen LogP contribution is -2.29. The fourth-order valence-corrected chi connectivity index (χ4v) is 0.807. The molecule has 10 heavy (non-hydrogen) atoms. The quantitative estimate of drug-likeness (QED) is 0.453. The highest BCUT2D eigenvalue weighted by Gasteiger charge is 2.05. The standard InChI is InChI=1S/C5H10N2O2S/c1-7(3-4(8)9)5(6)10-2/h6H,3H2,1-2H3,(H,8,9). The van der Waals surface area contributed by atoms with Crippen molar-refractivity contribution in [3.05, 3.63) is 0 Å². The average molecular weight is 162 g/mol. The van der Waals surface area contributed by atoms with Crippen LogP contribution in [-0.2, 0) is 4.79 Å². The number of carboxylic acids is 1. The summed E-state index contributed by atoms with van der Waals surface area (Å²) in [7, 11) is 1.58. The highest BCUT2D eigenvalue weighted by molar-refractivity contribution is 8.13. The Labute approximate surface area is 63.7 Å². The molecule has 0 saturated carbocycles. The molecule has 0 fully saturated rings.